The molecule has 2 aromatic carbocycles. The minimum atomic E-state index is -4.66. The molecule has 0 bridgehead atoms. The number of carbonyl (C=O) groups excluding carboxylic acids is 2. The molecule has 0 aliphatic carbocycles. The van der Waals surface area contributed by atoms with E-state index in [4.69, 9.17) is 16.3 Å². The Morgan fingerprint density at radius 1 is 1.19 bits per heavy atom. The van der Waals surface area contributed by atoms with Gasteiger partial charge in [-0.05, 0) is 24.3 Å². The maximum Gasteiger partial charge on any atom is 0.417 e. The number of hydrogen-bond donors (Lipinski definition) is 2. The van der Waals surface area contributed by atoms with E-state index in [0.717, 1.165) is 6.07 Å². The van der Waals surface area contributed by atoms with Gasteiger partial charge in [-0.3, -0.25) is 9.89 Å². The zero-order valence-corrected chi connectivity index (χ0v) is 14.2. The van der Waals surface area contributed by atoms with Crippen molar-refractivity contribution in [3.05, 3.63) is 58.7 Å². The Balaban J connectivity index is 1.64. The van der Waals surface area contributed by atoms with Gasteiger partial charge >= 0.3 is 12.1 Å². The molecule has 0 radical (unpaired) electrons. The van der Waals surface area contributed by atoms with Crippen molar-refractivity contribution < 1.29 is 27.5 Å². The van der Waals surface area contributed by atoms with Crippen LogP contribution in [0.3, 0.4) is 0 Å². The lowest BCUT2D eigenvalue weighted by Crippen LogP contribution is -2.21. The Bertz CT molecular complexity index is 1020. The second kappa shape index (κ2) is 7.28. The van der Waals surface area contributed by atoms with Crippen molar-refractivity contribution in [1.29, 1.82) is 0 Å². The van der Waals surface area contributed by atoms with Crippen LogP contribution >= 0.6 is 11.6 Å². The molecule has 0 saturated carbocycles. The summed E-state index contributed by atoms with van der Waals surface area (Å²) in [5, 5.41) is 8.74. The predicted molar refractivity (Wildman–Crippen MR) is 91.5 cm³/mol. The lowest BCUT2D eigenvalue weighted by atomic mass is 10.2. The van der Waals surface area contributed by atoms with Gasteiger partial charge in [0.05, 0.1) is 16.1 Å². The SMILES string of the molecule is O=C(COC(=O)c1n[nH]c2ccccc12)Nc1ccc(Cl)c(C(F)(F)F)c1. The minimum Gasteiger partial charge on any atom is -0.451 e. The molecule has 1 aromatic heterocycles. The molecule has 0 unspecified atom stereocenters. The summed E-state index contributed by atoms with van der Waals surface area (Å²) in [6.45, 7) is -0.690. The van der Waals surface area contributed by atoms with E-state index in [0.29, 0.717) is 17.0 Å². The topological polar surface area (TPSA) is 84.1 Å². The molecule has 0 fully saturated rings. The molecule has 1 heterocycles. The molecule has 0 spiro atoms. The number of amides is 1. The van der Waals surface area contributed by atoms with Crippen LogP contribution in [-0.4, -0.2) is 28.7 Å². The van der Waals surface area contributed by atoms with E-state index in [9.17, 15) is 22.8 Å². The zero-order chi connectivity index (χ0) is 19.6. The van der Waals surface area contributed by atoms with E-state index in [-0.39, 0.29) is 11.4 Å². The maximum atomic E-state index is 12.8. The first-order valence-corrected chi connectivity index (χ1v) is 7.90. The molecule has 0 aliphatic rings. The lowest BCUT2D eigenvalue weighted by molar-refractivity contribution is -0.137. The number of anilines is 1. The van der Waals surface area contributed by atoms with E-state index in [1.807, 2.05) is 0 Å². The summed E-state index contributed by atoms with van der Waals surface area (Å²) >= 11 is 5.51. The van der Waals surface area contributed by atoms with Crippen molar-refractivity contribution in [3.8, 4) is 0 Å². The van der Waals surface area contributed by atoms with Crippen LogP contribution in [0.2, 0.25) is 5.02 Å². The van der Waals surface area contributed by atoms with Gasteiger partial charge in [-0.15, -0.1) is 0 Å². The van der Waals surface area contributed by atoms with Crippen LogP contribution in [0.15, 0.2) is 42.5 Å². The summed E-state index contributed by atoms with van der Waals surface area (Å²) in [4.78, 5) is 23.9. The number of nitrogens with one attached hydrogen (secondary N) is 2. The minimum absolute atomic E-state index is 0.00394. The zero-order valence-electron chi connectivity index (χ0n) is 13.4. The van der Waals surface area contributed by atoms with Gasteiger partial charge in [-0.2, -0.15) is 18.3 Å². The van der Waals surface area contributed by atoms with E-state index in [1.165, 1.54) is 6.07 Å². The quantitative estimate of drug-likeness (QED) is 0.651. The van der Waals surface area contributed by atoms with Crippen LogP contribution in [0, 0.1) is 0 Å². The van der Waals surface area contributed by atoms with Crippen LogP contribution in [-0.2, 0) is 15.7 Å². The number of benzene rings is 2. The summed E-state index contributed by atoms with van der Waals surface area (Å²) < 4.78 is 43.4. The molecule has 0 aliphatic heterocycles. The van der Waals surface area contributed by atoms with E-state index < -0.39 is 35.2 Å². The number of H-pyrrole nitrogens is 1. The van der Waals surface area contributed by atoms with Gasteiger partial charge in [-0.25, -0.2) is 4.79 Å². The van der Waals surface area contributed by atoms with Gasteiger partial charge in [0.15, 0.2) is 12.3 Å². The number of carbonyl (C=O) groups is 2. The number of fused-ring (bicyclic) bond motifs is 1. The smallest absolute Gasteiger partial charge is 0.417 e. The molecule has 27 heavy (non-hydrogen) atoms. The normalized spacial score (nSPS) is 11.4. The molecule has 0 atom stereocenters. The monoisotopic (exact) mass is 397 g/mol. The van der Waals surface area contributed by atoms with Crippen LogP contribution in [0.1, 0.15) is 16.1 Å². The number of rotatable bonds is 4. The second-order valence-corrected chi connectivity index (χ2v) is 5.84. The van der Waals surface area contributed by atoms with Gasteiger partial charge < -0.3 is 10.1 Å². The summed E-state index contributed by atoms with van der Waals surface area (Å²) in [5.74, 6) is -1.65. The molecule has 3 aromatic rings. The van der Waals surface area contributed by atoms with Crippen molar-refractivity contribution in [2.45, 2.75) is 6.18 Å². The molecule has 140 valence electrons. The summed E-state index contributed by atoms with van der Waals surface area (Å²) in [6.07, 6.45) is -4.66. The standard InChI is InChI=1S/C17H11ClF3N3O3/c18-12-6-5-9(7-11(12)17(19,20)21)22-14(25)8-27-16(26)15-10-3-1-2-4-13(10)23-24-15/h1-7H,8H2,(H,22,25)(H,23,24). The van der Waals surface area contributed by atoms with Gasteiger partial charge in [0, 0.05) is 11.1 Å². The highest BCUT2D eigenvalue weighted by Crippen LogP contribution is 2.36. The largest absolute Gasteiger partial charge is 0.451 e. The highest BCUT2D eigenvalue weighted by Gasteiger charge is 2.33. The Morgan fingerprint density at radius 2 is 1.93 bits per heavy atom. The van der Waals surface area contributed by atoms with Crippen LogP contribution in [0.4, 0.5) is 18.9 Å². The molecular formula is C17H11ClF3N3O3. The number of aromatic amines is 1. The second-order valence-electron chi connectivity index (χ2n) is 5.43. The highest BCUT2D eigenvalue weighted by atomic mass is 35.5. The van der Waals surface area contributed by atoms with Crippen molar-refractivity contribution in [2.24, 2.45) is 0 Å². The Labute approximate surface area is 155 Å². The fourth-order valence-corrected chi connectivity index (χ4v) is 2.56. The highest BCUT2D eigenvalue weighted by molar-refractivity contribution is 6.31. The maximum absolute atomic E-state index is 12.8. The summed E-state index contributed by atoms with van der Waals surface area (Å²) in [5.41, 5.74) is -0.584. The van der Waals surface area contributed by atoms with Crippen LogP contribution in [0.5, 0.6) is 0 Å². The number of aromatic nitrogens is 2. The first kappa shape index (κ1) is 18.7. The molecule has 0 saturated heterocycles. The van der Waals surface area contributed by atoms with Crippen molar-refractivity contribution in [1.82, 2.24) is 10.2 Å². The Kier molecular flexibility index (Phi) is 5.04. The van der Waals surface area contributed by atoms with Crippen LogP contribution in [0.25, 0.3) is 10.9 Å². The van der Waals surface area contributed by atoms with Gasteiger partial charge in [0.25, 0.3) is 5.91 Å². The van der Waals surface area contributed by atoms with Gasteiger partial charge in [0.1, 0.15) is 0 Å². The molecule has 2 N–H and O–H groups in total. The average molecular weight is 398 g/mol. The lowest BCUT2D eigenvalue weighted by Gasteiger charge is -2.11. The summed E-state index contributed by atoms with van der Waals surface area (Å²) in [6, 6.07) is 9.75. The number of para-hydroxylation sites is 1. The van der Waals surface area contributed by atoms with Crippen molar-refractivity contribution in [2.75, 3.05) is 11.9 Å². The Hall–Kier alpha value is -3.07. The molecular weight excluding hydrogens is 387 g/mol. The first-order valence-electron chi connectivity index (χ1n) is 7.52. The van der Waals surface area contributed by atoms with E-state index in [1.54, 1.807) is 24.3 Å². The van der Waals surface area contributed by atoms with Crippen LogP contribution < -0.4 is 5.32 Å². The predicted octanol–water partition coefficient (Wildman–Crippen LogP) is 4.03. The fourth-order valence-electron chi connectivity index (χ4n) is 2.34. The van der Waals surface area contributed by atoms with Crippen molar-refractivity contribution in [3.63, 3.8) is 0 Å². The Morgan fingerprint density at radius 3 is 2.67 bits per heavy atom. The fraction of sp³-hybridized carbons (Fsp3) is 0.118. The molecule has 6 nitrogen and oxygen atoms in total. The number of nitrogens with zero attached hydrogens (tertiary/aromatic N) is 1. The first-order chi connectivity index (χ1) is 12.8. The number of ether oxygens (including phenoxy) is 1. The third kappa shape index (κ3) is 4.20. The van der Waals surface area contributed by atoms with E-state index >= 15 is 0 Å². The number of hydrogen-bond acceptors (Lipinski definition) is 4. The molecule has 1 amide bonds. The third-order valence-electron chi connectivity index (χ3n) is 3.55. The van der Waals surface area contributed by atoms with Gasteiger partial charge in [0.2, 0.25) is 0 Å². The molecule has 3 rings (SSSR count). The van der Waals surface area contributed by atoms with E-state index in [2.05, 4.69) is 15.5 Å². The molecule has 10 heteroatoms. The average Bonchev–Trinajstić information content (AvgIpc) is 3.04. The number of esters is 1. The van der Waals surface area contributed by atoms with Gasteiger partial charge in [-0.1, -0.05) is 29.8 Å². The number of halogens is 4. The third-order valence-corrected chi connectivity index (χ3v) is 3.88. The number of alkyl halides is 3. The van der Waals surface area contributed by atoms with Crippen molar-refractivity contribution >= 4 is 40.1 Å². The summed E-state index contributed by atoms with van der Waals surface area (Å²) in [7, 11) is 0.